The summed E-state index contributed by atoms with van der Waals surface area (Å²) < 4.78 is 3.87. The third-order valence-electron chi connectivity index (χ3n) is 4.31. The van der Waals surface area contributed by atoms with Crippen LogP contribution in [0.25, 0.3) is 10.2 Å². The SMILES string of the molecule is Cn1ccc(C(=O)NC2CCCN(c3nc4ccc(Br)cc4s3)C2)n1. The van der Waals surface area contributed by atoms with Crippen molar-refractivity contribution in [1.29, 1.82) is 0 Å². The number of anilines is 1. The first-order valence-electron chi connectivity index (χ1n) is 8.20. The number of nitrogens with zero attached hydrogens (tertiary/aromatic N) is 4. The average Bonchev–Trinajstić information content (AvgIpc) is 3.21. The molecule has 6 nitrogen and oxygen atoms in total. The third kappa shape index (κ3) is 3.55. The molecule has 1 fully saturated rings. The number of rotatable bonds is 3. The van der Waals surface area contributed by atoms with Gasteiger partial charge in [-0.1, -0.05) is 27.3 Å². The summed E-state index contributed by atoms with van der Waals surface area (Å²) in [6.07, 6.45) is 3.79. The van der Waals surface area contributed by atoms with Crippen LogP contribution >= 0.6 is 27.3 Å². The molecule has 0 radical (unpaired) electrons. The van der Waals surface area contributed by atoms with Crippen molar-refractivity contribution in [3.63, 3.8) is 0 Å². The molecule has 0 bridgehead atoms. The van der Waals surface area contributed by atoms with Gasteiger partial charge in [0.1, 0.15) is 5.69 Å². The minimum Gasteiger partial charge on any atom is -0.346 e. The second kappa shape index (κ2) is 6.76. The highest BCUT2D eigenvalue weighted by Gasteiger charge is 2.24. The van der Waals surface area contributed by atoms with Crippen LogP contribution in [0.15, 0.2) is 34.9 Å². The lowest BCUT2D eigenvalue weighted by Crippen LogP contribution is -2.47. The Kier molecular flexibility index (Phi) is 4.47. The minimum absolute atomic E-state index is 0.110. The monoisotopic (exact) mass is 419 g/mol. The van der Waals surface area contributed by atoms with Crippen LogP contribution in [0.5, 0.6) is 0 Å². The van der Waals surface area contributed by atoms with Gasteiger partial charge in [0.15, 0.2) is 5.13 Å². The molecule has 0 saturated carbocycles. The Balaban J connectivity index is 1.47. The third-order valence-corrected chi connectivity index (χ3v) is 5.88. The van der Waals surface area contributed by atoms with E-state index in [-0.39, 0.29) is 11.9 Å². The zero-order valence-electron chi connectivity index (χ0n) is 13.8. The van der Waals surface area contributed by atoms with E-state index in [1.54, 1.807) is 28.3 Å². The number of aryl methyl sites for hydroxylation is 1. The zero-order valence-corrected chi connectivity index (χ0v) is 16.2. The van der Waals surface area contributed by atoms with Crippen molar-refractivity contribution in [2.24, 2.45) is 7.05 Å². The molecular weight excluding hydrogens is 402 g/mol. The number of aromatic nitrogens is 3. The van der Waals surface area contributed by atoms with Gasteiger partial charge in [-0.2, -0.15) is 5.10 Å². The maximum Gasteiger partial charge on any atom is 0.272 e. The Bertz CT molecular complexity index is 921. The number of halogens is 1. The number of amides is 1. The molecular formula is C17H18BrN5OS. The predicted molar refractivity (Wildman–Crippen MR) is 103 cm³/mol. The largest absolute Gasteiger partial charge is 0.346 e. The first-order chi connectivity index (χ1) is 12.1. The summed E-state index contributed by atoms with van der Waals surface area (Å²) in [6, 6.07) is 7.99. The molecule has 0 spiro atoms. The van der Waals surface area contributed by atoms with Gasteiger partial charge in [0.05, 0.1) is 10.2 Å². The molecule has 1 saturated heterocycles. The number of carbonyl (C=O) groups excluding carboxylic acids is 1. The Morgan fingerprint density at radius 3 is 3.08 bits per heavy atom. The van der Waals surface area contributed by atoms with Crippen LogP contribution in [0.3, 0.4) is 0 Å². The number of thiazole rings is 1. The first kappa shape index (κ1) is 16.5. The maximum atomic E-state index is 12.3. The van der Waals surface area contributed by atoms with E-state index in [1.807, 2.05) is 19.2 Å². The summed E-state index contributed by atoms with van der Waals surface area (Å²) in [7, 11) is 1.81. The van der Waals surface area contributed by atoms with Crippen LogP contribution in [0.4, 0.5) is 5.13 Å². The Labute approximate surface area is 158 Å². The summed E-state index contributed by atoms with van der Waals surface area (Å²) >= 11 is 5.20. The van der Waals surface area contributed by atoms with Crippen molar-refractivity contribution in [2.45, 2.75) is 18.9 Å². The number of hydrogen-bond donors (Lipinski definition) is 1. The topological polar surface area (TPSA) is 63.1 Å². The molecule has 1 aliphatic heterocycles. The molecule has 1 aromatic carbocycles. The number of nitrogens with one attached hydrogen (secondary N) is 1. The van der Waals surface area contributed by atoms with Crippen molar-refractivity contribution in [3.8, 4) is 0 Å². The molecule has 3 aromatic rings. The van der Waals surface area contributed by atoms with Gasteiger partial charge in [0.2, 0.25) is 0 Å². The van der Waals surface area contributed by atoms with E-state index in [0.29, 0.717) is 5.69 Å². The lowest BCUT2D eigenvalue weighted by atomic mass is 10.1. The molecule has 8 heteroatoms. The molecule has 1 unspecified atom stereocenters. The average molecular weight is 420 g/mol. The van der Waals surface area contributed by atoms with Crippen LogP contribution in [-0.2, 0) is 7.05 Å². The van der Waals surface area contributed by atoms with Crippen molar-refractivity contribution in [2.75, 3.05) is 18.0 Å². The molecule has 1 amide bonds. The molecule has 25 heavy (non-hydrogen) atoms. The van der Waals surface area contributed by atoms with Crippen LogP contribution in [0, 0.1) is 0 Å². The Morgan fingerprint density at radius 2 is 2.28 bits per heavy atom. The van der Waals surface area contributed by atoms with E-state index in [9.17, 15) is 4.79 Å². The van der Waals surface area contributed by atoms with Gasteiger partial charge >= 0.3 is 0 Å². The quantitative estimate of drug-likeness (QED) is 0.707. The van der Waals surface area contributed by atoms with E-state index in [0.717, 1.165) is 41.1 Å². The normalized spacial score (nSPS) is 17.8. The second-order valence-corrected chi connectivity index (χ2v) is 8.17. The van der Waals surface area contributed by atoms with Gasteiger partial charge < -0.3 is 10.2 Å². The van der Waals surface area contributed by atoms with E-state index in [1.165, 1.54) is 4.70 Å². The summed E-state index contributed by atoms with van der Waals surface area (Å²) in [5.74, 6) is -0.110. The number of carbonyl (C=O) groups is 1. The molecule has 1 aliphatic rings. The fraction of sp³-hybridized carbons (Fsp3) is 0.353. The van der Waals surface area contributed by atoms with Gasteiger partial charge in [0.25, 0.3) is 5.91 Å². The van der Waals surface area contributed by atoms with Gasteiger partial charge in [-0.3, -0.25) is 9.48 Å². The van der Waals surface area contributed by atoms with E-state index in [4.69, 9.17) is 4.98 Å². The first-order valence-corrected chi connectivity index (χ1v) is 9.81. The summed E-state index contributed by atoms with van der Waals surface area (Å²) in [6.45, 7) is 1.75. The number of hydrogen-bond acceptors (Lipinski definition) is 5. The lowest BCUT2D eigenvalue weighted by Gasteiger charge is -2.32. The Morgan fingerprint density at radius 1 is 1.40 bits per heavy atom. The van der Waals surface area contributed by atoms with Crippen LogP contribution in [0.1, 0.15) is 23.3 Å². The maximum absolute atomic E-state index is 12.3. The molecule has 4 rings (SSSR count). The zero-order chi connectivity index (χ0) is 17.4. The number of fused-ring (bicyclic) bond motifs is 1. The van der Waals surface area contributed by atoms with Gasteiger partial charge in [-0.15, -0.1) is 0 Å². The summed E-state index contributed by atoms with van der Waals surface area (Å²) in [4.78, 5) is 19.3. The molecule has 130 valence electrons. The van der Waals surface area contributed by atoms with Crippen LogP contribution < -0.4 is 10.2 Å². The van der Waals surface area contributed by atoms with Crippen molar-refractivity contribution in [3.05, 3.63) is 40.6 Å². The van der Waals surface area contributed by atoms with E-state index < -0.39 is 0 Å². The standard InChI is InChI=1S/C17H18BrN5OS/c1-22-8-6-14(21-22)16(24)19-12-3-2-7-23(10-12)17-20-13-5-4-11(18)9-15(13)25-17/h4-6,8-9,12H,2-3,7,10H2,1H3,(H,19,24). The van der Waals surface area contributed by atoms with Crippen molar-refractivity contribution >= 4 is 48.5 Å². The molecule has 2 aromatic heterocycles. The number of piperidine rings is 1. The van der Waals surface area contributed by atoms with Crippen molar-refractivity contribution < 1.29 is 4.79 Å². The van der Waals surface area contributed by atoms with Gasteiger partial charge in [-0.25, -0.2) is 4.98 Å². The highest BCUT2D eigenvalue weighted by Crippen LogP contribution is 2.32. The van der Waals surface area contributed by atoms with E-state index >= 15 is 0 Å². The highest BCUT2D eigenvalue weighted by molar-refractivity contribution is 9.10. The highest BCUT2D eigenvalue weighted by atomic mass is 79.9. The van der Waals surface area contributed by atoms with Crippen molar-refractivity contribution in [1.82, 2.24) is 20.1 Å². The lowest BCUT2D eigenvalue weighted by molar-refractivity contribution is 0.0927. The fourth-order valence-electron chi connectivity index (χ4n) is 3.09. The Hall–Kier alpha value is -1.93. The smallest absolute Gasteiger partial charge is 0.272 e. The van der Waals surface area contributed by atoms with Gasteiger partial charge in [0, 0.05) is 36.8 Å². The molecule has 0 aliphatic carbocycles. The second-order valence-electron chi connectivity index (χ2n) is 6.24. The molecule has 3 heterocycles. The fourth-order valence-corrected chi connectivity index (χ4v) is 4.64. The molecule has 1 N–H and O–H groups in total. The summed E-state index contributed by atoms with van der Waals surface area (Å²) in [5, 5.41) is 8.29. The number of benzene rings is 1. The van der Waals surface area contributed by atoms with Gasteiger partial charge in [-0.05, 0) is 37.1 Å². The van der Waals surface area contributed by atoms with E-state index in [2.05, 4.69) is 37.3 Å². The molecule has 1 atom stereocenters. The van der Waals surface area contributed by atoms with Crippen LogP contribution in [-0.4, -0.2) is 39.8 Å². The predicted octanol–water partition coefficient (Wildman–Crippen LogP) is 3.19. The summed E-state index contributed by atoms with van der Waals surface area (Å²) in [5.41, 5.74) is 1.48. The van der Waals surface area contributed by atoms with Crippen LogP contribution in [0.2, 0.25) is 0 Å². The minimum atomic E-state index is -0.110.